The smallest absolute Gasteiger partial charge is 0.246 e. The fourth-order valence-corrected chi connectivity index (χ4v) is 4.40. The maximum absolute atomic E-state index is 12.8. The molecule has 2 N–H and O–H groups in total. The van der Waals surface area contributed by atoms with Gasteiger partial charge in [0.1, 0.15) is 5.82 Å². The molecule has 4 rings (SSSR count). The minimum Gasteiger partial charge on any atom is -0.366 e. The molecule has 1 aromatic heterocycles. The molecule has 0 saturated heterocycles. The van der Waals surface area contributed by atoms with Gasteiger partial charge in [-0.3, -0.25) is 9.59 Å². The number of amides is 1. The first-order valence-corrected chi connectivity index (χ1v) is 13.7. The number of nitrogens with one attached hydrogen (secondary N) is 2. The molecule has 1 heterocycles. The number of ketones is 1. The summed E-state index contributed by atoms with van der Waals surface area (Å²) in [5.74, 6) is 8.19. The zero-order chi connectivity index (χ0) is 28.6. The van der Waals surface area contributed by atoms with Crippen LogP contribution in [0.5, 0.6) is 0 Å². The number of aromatic nitrogens is 2. The number of hydrogen-bond donors (Lipinski definition) is 2. The van der Waals surface area contributed by atoms with Gasteiger partial charge in [-0.25, -0.2) is 4.98 Å². The van der Waals surface area contributed by atoms with Crippen molar-refractivity contribution in [2.24, 2.45) is 11.8 Å². The minimum absolute atomic E-state index is 0.0842. The van der Waals surface area contributed by atoms with E-state index in [0.29, 0.717) is 36.3 Å². The number of Topliss-reactive ketones (excluding diaryl/α,β-unsaturated/α-hetero) is 1. The van der Waals surface area contributed by atoms with Crippen molar-refractivity contribution in [3.05, 3.63) is 53.7 Å². The molecule has 0 unspecified atom stereocenters. The Morgan fingerprint density at radius 1 is 1.23 bits per heavy atom. The van der Waals surface area contributed by atoms with Gasteiger partial charge in [0, 0.05) is 43.7 Å². The van der Waals surface area contributed by atoms with Crippen LogP contribution >= 0.6 is 0 Å². The standard InChI is InChI=1S/C31H37N7O2/c1-21(38(4)29(40)9-6-14-37(2)3)28(39)18-24-15-22(16-24)10-11-25-20-33-31(36-30(25)34-26-12-13-26)35-27-8-5-7-23(17-27)19-32/h5-9,17,20-22,24,26H,12-16,18H2,1-4H3,(H2,33,34,35,36)/b9-6+/t21-,22?,24?/m0/s1. The highest BCUT2D eigenvalue weighted by Crippen LogP contribution is 2.36. The molecule has 40 heavy (non-hydrogen) atoms. The zero-order valence-corrected chi connectivity index (χ0v) is 23.6. The summed E-state index contributed by atoms with van der Waals surface area (Å²) in [6.45, 7) is 2.47. The van der Waals surface area contributed by atoms with Gasteiger partial charge in [-0.05, 0) is 70.8 Å². The van der Waals surface area contributed by atoms with Gasteiger partial charge in [0.25, 0.3) is 0 Å². The molecule has 2 aliphatic carbocycles. The van der Waals surface area contributed by atoms with Gasteiger partial charge in [0.2, 0.25) is 11.9 Å². The lowest BCUT2D eigenvalue weighted by Gasteiger charge is -2.33. The third kappa shape index (κ3) is 8.14. The summed E-state index contributed by atoms with van der Waals surface area (Å²) in [4.78, 5) is 37.7. The third-order valence-electron chi connectivity index (χ3n) is 7.22. The molecule has 0 radical (unpaired) electrons. The van der Waals surface area contributed by atoms with Gasteiger partial charge in [-0.1, -0.05) is 24.0 Å². The normalized spacial score (nSPS) is 18.7. The van der Waals surface area contributed by atoms with Crippen LogP contribution in [0, 0.1) is 35.0 Å². The molecular formula is C31H37N7O2. The van der Waals surface area contributed by atoms with E-state index in [4.69, 9.17) is 5.26 Å². The average molecular weight is 540 g/mol. The fourth-order valence-electron chi connectivity index (χ4n) is 4.40. The predicted molar refractivity (Wildman–Crippen MR) is 156 cm³/mol. The number of likely N-dealkylation sites (N-methyl/N-ethyl adjacent to an activating group) is 2. The van der Waals surface area contributed by atoms with Crippen molar-refractivity contribution >= 4 is 29.1 Å². The highest BCUT2D eigenvalue weighted by atomic mass is 16.2. The van der Waals surface area contributed by atoms with Crippen LogP contribution in [0.2, 0.25) is 0 Å². The van der Waals surface area contributed by atoms with E-state index in [1.807, 2.05) is 31.1 Å². The van der Waals surface area contributed by atoms with Crippen LogP contribution in [0.25, 0.3) is 0 Å². The maximum Gasteiger partial charge on any atom is 0.246 e. The monoisotopic (exact) mass is 539 g/mol. The largest absolute Gasteiger partial charge is 0.366 e. The SMILES string of the molecule is C[C@@H](C(=O)CC1CC(C#Cc2cnc(Nc3cccc(C#N)c3)nc2NC2CC2)C1)N(C)C(=O)/C=C/CN(C)C. The van der Waals surface area contributed by atoms with Crippen LogP contribution in [0.15, 0.2) is 42.6 Å². The van der Waals surface area contributed by atoms with Crippen molar-refractivity contribution in [3.63, 3.8) is 0 Å². The topological polar surface area (TPSA) is 114 Å². The highest BCUT2D eigenvalue weighted by molar-refractivity contribution is 5.93. The lowest BCUT2D eigenvalue weighted by molar-refractivity contribution is -0.134. The Labute approximate surface area is 236 Å². The van der Waals surface area contributed by atoms with E-state index in [0.717, 1.165) is 36.9 Å². The zero-order valence-electron chi connectivity index (χ0n) is 23.6. The Kier molecular flexibility index (Phi) is 9.52. The van der Waals surface area contributed by atoms with Gasteiger partial charge in [0.05, 0.1) is 29.4 Å². The molecule has 1 atom stereocenters. The van der Waals surface area contributed by atoms with E-state index in [1.165, 1.54) is 11.0 Å². The maximum atomic E-state index is 12.8. The summed E-state index contributed by atoms with van der Waals surface area (Å²) in [5, 5.41) is 15.8. The van der Waals surface area contributed by atoms with Crippen LogP contribution in [0.1, 0.15) is 50.2 Å². The Bertz CT molecular complexity index is 1360. The Morgan fingerprint density at radius 3 is 2.70 bits per heavy atom. The molecule has 2 fully saturated rings. The van der Waals surface area contributed by atoms with E-state index >= 15 is 0 Å². The lowest BCUT2D eigenvalue weighted by Crippen LogP contribution is -2.41. The molecule has 1 aromatic carbocycles. The fraction of sp³-hybridized carbons (Fsp3) is 0.452. The summed E-state index contributed by atoms with van der Waals surface area (Å²) < 4.78 is 0. The minimum atomic E-state index is -0.454. The van der Waals surface area contributed by atoms with Crippen LogP contribution < -0.4 is 10.6 Å². The number of nitriles is 1. The molecule has 9 nitrogen and oxygen atoms in total. The van der Waals surface area contributed by atoms with Crippen LogP contribution in [-0.4, -0.2) is 71.2 Å². The van der Waals surface area contributed by atoms with Gasteiger partial charge >= 0.3 is 0 Å². The molecular weight excluding hydrogens is 502 g/mol. The van der Waals surface area contributed by atoms with Crippen molar-refractivity contribution in [3.8, 4) is 17.9 Å². The second kappa shape index (κ2) is 13.2. The first-order valence-electron chi connectivity index (χ1n) is 13.7. The van der Waals surface area contributed by atoms with Crippen LogP contribution in [-0.2, 0) is 9.59 Å². The molecule has 208 valence electrons. The van der Waals surface area contributed by atoms with E-state index in [-0.39, 0.29) is 23.5 Å². The summed E-state index contributed by atoms with van der Waals surface area (Å²) in [5.41, 5.74) is 2.06. The van der Waals surface area contributed by atoms with Crippen molar-refractivity contribution in [2.45, 2.75) is 51.1 Å². The average Bonchev–Trinajstić information content (AvgIpc) is 3.73. The van der Waals surface area contributed by atoms with Crippen molar-refractivity contribution in [1.82, 2.24) is 19.8 Å². The number of anilines is 3. The van der Waals surface area contributed by atoms with Crippen molar-refractivity contribution in [2.75, 3.05) is 38.3 Å². The van der Waals surface area contributed by atoms with Crippen molar-refractivity contribution < 1.29 is 9.59 Å². The number of carbonyl (C=O) groups is 2. The lowest BCUT2D eigenvalue weighted by atomic mass is 9.72. The van der Waals surface area contributed by atoms with E-state index in [1.54, 1.807) is 38.4 Å². The first kappa shape index (κ1) is 28.8. The number of rotatable bonds is 11. The van der Waals surface area contributed by atoms with Crippen molar-refractivity contribution in [1.29, 1.82) is 5.26 Å². The second-order valence-corrected chi connectivity index (χ2v) is 11.0. The first-order chi connectivity index (χ1) is 19.2. The summed E-state index contributed by atoms with van der Waals surface area (Å²) >= 11 is 0. The molecule has 0 aliphatic heterocycles. The summed E-state index contributed by atoms with van der Waals surface area (Å²) in [6, 6.07) is 9.26. The van der Waals surface area contributed by atoms with E-state index in [2.05, 4.69) is 38.5 Å². The van der Waals surface area contributed by atoms with Gasteiger partial charge in [-0.2, -0.15) is 10.2 Å². The predicted octanol–water partition coefficient (Wildman–Crippen LogP) is 3.97. The van der Waals surface area contributed by atoms with Crippen LogP contribution in [0.3, 0.4) is 0 Å². The molecule has 2 aromatic rings. The molecule has 0 spiro atoms. The number of hydrogen-bond acceptors (Lipinski definition) is 8. The number of nitrogens with zero attached hydrogens (tertiary/aromatic N) is 5. The van der Waals surface area contributed by atoms with Gasteiger partial charge in [-0.15, -0.1) is 0 Å². The van der Waals surface area contributed by atoms with E-state index in [9.17, 15) is 9.59 Å². The Morgan fingerprint density at radius 2 is 2.00 bits per heavy atom. The summed E-state index contributed by atoms with van der Waals surface area (Å²) in [7, 11) is 5.55. The van der Waals surface area contributed by atoms with Gasteiger partial charge < -0.3 is 20.4 Å². The third-order valence-corrected chi connectivity index (χ3v) is 7.22. The quantitative estimate of drug-likeness (QED) is 0.326. The molecule has 2 aliphatic rings. The Balaban J connectivity index is 1.31. The van der Waals surface area contributed by atoms with Crippen LogP contribution in [0.4, 0.5) is 17.5 Å². The second-order valence-electron chi connectivity index (χ2n) is 11.0. The van der Waals surface area contributed by atoms with Gasteiger partial charge in [0.15, 0.2) is 5.78 Å². The number of benzene rings is 1. The Hall–Kier alpha value is -4.21. The highest BCUT2D eigenvalue weighted by Gasteiger charge is 2.32. The molecule has 9 heteroatoms. The van der Waals surface area contributed by atoms with E-state index < -0.39 is 6.04 Å². The number of carbonyl (C=O) groups excluding carboxylic acids is 2. The molecule has 0 bridgehead atoms. The molecule has 2 saturated carbocycles. The summed E-state index contributed by atoms with van der Waals surface area (Å²) in [6.07, 6.45) is 9.47. The molecule has 1 amide bonds.